The molecule has 0 fully saturated rings. The normalized spacial score (nSPS) is 12.9. The molecule has 0 spiro atoms. The van der Waals surface area contributed by atoms with E-state index in [0.717, 1.165) is 35.4 Å². The summed E-state index contributed by atoms with van der Waals surface area (Å²) in [6.07, 6.45) is 6.54. The van der Waals surface area contributed by atoms with Gasteiger partial charge in [0.1, 0.15) is 6.33 Å². The van der Waals surface area contributed by atoms with Crippen molar-refractivity contribution in [1.82, 2.24) is 14.5 Å². The number of primary amides is 1. The van der Waals surface area contributed by atoms with Crippen molar-refractivity contribution in [2.45, 2.75) is 19.4 Å². The lowest BCUT2D eigenvalue weighted by Gasteiger charge is -2.18. The van der Waals surface area contributed by atoms with Gasteiger partial charge in [-0.1, -0.05) is 0 Å². The number of hydrogen-bond acceptors (Lipinski definition) is 4. The van der Waals surface area contributed by atoms with Gasteiger partial charge in [-0.15, -0.1) is 0 Å². The van der Waals surface area contributed by atoms with Gasteiger partial charge in [0.05, 0.1) is 23.6 Å². The van der Waals surface area contributed by atoms with Gasteiger partial charge in [-0.25, -0.2) is 9.97 Å². The highest BCUT2D eigenvalue weighted by Gasteiger charge is 2.26. The van der Waals surface area contributed by atoms with E-state index in [1.54, 1.807) is 12.4 Å². The van der Waals surface area contributed by atoms with E-state index in [9.17, 15) is 4.79 Å². The summed E-state index contributed by atoms with van der Waals surface area (Å²) in [5.41, 5.74) is 9.63. The van der Waals surface area contributed by atoms with Crippen molar-refractivity contribution in [3.05, 3.63) is 35.4 Å². The zero-order chi connectivity index (χ0) is 13.4. The number of aliphatic hydroxyl groups excluding tert-OH is 1. The summed E-state index contributed by atoms with van der Waals surface area (Å²) < 4.78 is 1.85. The predicted octanol–water partition coefficient (Wildman–Crippen LogP) is 0.135. The van der Waals surface area contributed by atoms with Gasteiger partial charge in [-0.05, 0) is 24.0 Å². The van der Waals surface area contributed by atoms with E-state index in [1.807, 2.05) is 4.57 Å². The Morgan fingerprint density at radius 3 is 3.05 bits per heavy atom. The van der Waals surface area contributed by atoms with Crippen molar-refractivity contribution >= 4 is 5.91 Å². The molecule has 0 radical (unpaired) electrons. The Morgan fingerprint density at radius 2 is 2.32 bits per heavy atom. The van der Waals surface area contributed by atoms with E-state index in [4.69, 9.17) is 10.8 Å². The molecule has 6 nitrogen and oxygen atoms in total. The third kappa shape index (κ3) is 1.80. The zero-order valence-electron chi connectivity index (χ0n) is 10.3. The highest BCUT2D eigenvalue weighted by molar-refractivity contribution is 5.96. The molecule has 6 heteroatoms. The zero-order valence-corrected chi connectivity index (χ0v) is 10.3. The maximum Gasteiger partial charge on any atom is 0.250 e. The molecule has 1 amide bonds. The van der Waals surface area contributed by atoms with Crippen molar-refractivity contribution in [3.8, 4) is 11.4 Å². The maximum absolute atomic E-state index is 11.5. The molecular weight excluding hydrogens is 244 g/mol. The summed E-state index contributed by atoms with van der Waals surface area (Å²) in [6, 6.07) is 0. The first kappa shape index (κ1) is 11.9. The number of aryl methyl sites for hydroxylation is 1. The average Bonchev–Trinajstić information content (AvgIpc) is 2.79. The number of amides is 1. The highest BCUT2D eigenvalue weighted by Crippen LogP contribution is 2.34. The maximum atomic E-state index is 11.5. The SMILES string of the molecule is NC(=O)c1cn(CCO)c2c1CCc1cncnc1-2. The molecule has 2 aromatic rings. The Hall–Kier alpha value is -2.21. The number of nitrogens with zero attached hydrogens (tertiary/aromatic N) is 3. The standard InChI is InChI=1S/C13H14N4O2/c14-13(19)10-6-17(3-4-18)12-9(10)2-1-8-5-15-7-16-11(8)12/h5-7,18H,1-4H2,(H2,14,19). The fourth-order valence-electron chi connectivity index (χ4n) is 2.64. The van der Waals surface area contributed by atoms with Crippen LogP contribution in [0.4, 0.5) is 0 Å². The van der Waals surface area contributed by atoms with Gasteiger partial charge in [-0.3, -0.25) is 4.79 Å². The Bertz CT molecular complexity index is 648. The van der Waals surface area contributed by atoms with E-state index < -0.39 is 5.91 Å². The Morgan fingerprint density at radius 1 is 1.47 bits per heavy atom. The number of nitrogens with two attached hydrogens (primary N) is 1. The molecule has 0 atom stereocenters. The molecule has 0 saturated heterocycles. The molecule has 0 aromatic carbocycles. The van der Waals surface area contributed by atoms with Gasteiger partial charge in [0, 0.05) is 18.9 Å². The molecule has 0 saturated carbocycles. The van der Waals surface area contributed by atoms with Crippen LogP contribution in [0.2, 0.25) is 0 Å². The number of aliphatic hydroxyl groups is 1. The second-order valence-electron chi connectivity index (χ2n) is 4.55. The lowest BCUT2D eigenvalue weighted by molar-refractivity contribution is 0.0999. The fourth-order valence-corrected chi connectivity index (χ4v) is 2.64. The van der Waals surface area contributed by atoms with Crippen molar-refractivity contribution < 1.29 is 9.90 Å². The smallest absolute Gasteiger partial charge is 0.250 e. The lowest BCUT2D eigenvalue weighted by Crippen LogP contribution is -2.14. The molecule has 98 valence electrons. The largest absolute Gasteiger partial charge is 0.395 e. The minimum Gasteiger partial charge on any atom is -0.395 e. The molecule has 3 N–H and O–H groups in total. The monoisotopic (exact) mass is 258 g/mol. The van der Waals surface area contributed by atoms with Crippen molar-refractivity contribution in [2.75, 3.05) is 6.61 Å². The van der Waals surface area contributed by atoms with Crippen LogP contribution in [-0.2, 0) is 19.4 Å². The third-order valence-corrected chi connectivity index (χ3v) is 3.45. The first-order valence-corrected chi connectivity index (χ1v) is 6.14. The topological polar surface area (TPSA) is 94.0 Å². The van der Waals surface area contributed by atoms with E-state index in [0.29, 0.717) is 12.1 Å². The molecule has 0 aliphatic heterocycles. The highest BCUT2D eigenvalue weighted by atomic mass is 16.3. The molecule has 2 heterocycles. The molecule has 19 heavy (non-hydrogen) atoms. The first-order chi connectivity index (χ1) is 9.22. The summed E-state index contributed by atoms with van der Waals surface area (Å²) in [5, 5.41) is 9.15. The van der Waals surface area contributed by atoms with Crippen molar-refractivity contribution in [1.29, 1.82) is 0 Å². The van der Waals surface area contributed by atoms with E-state index in [1.165, 1.54) is 6.33 Å². The predicted molar refractivity (Wildman–Crippen MR) is 68.5 cm³/mol. The molecule has 1 aliphatic carbocycles. The van der Waals surface area contributed by atoms with Crippen molar-refractivity contribution in [2.24, 2.45) is 5.73 Å². The van der Waals surface area contributed by atoms with E-state index in [2.05, 4.69) is 9.97 Å². The summed E-state index contributed by atoms with van der Waals surface area (Å²) >= 11 is 0. The van der Waals surface area contributed by atoms with E-state index in [-0.39, 0.29) is 6.61 Å². The summed E-state index contributed by atoms with van der Waals surface area (Å²) in [5.74, 6) is -0.439. The number of rotatable bonds is 3. The Balaban J connectivity index is 2.25. The van der Waals surface area contributed by atoms with Crippen LogP contribution in [0.25, 0.3) is 11.4 Å². The van der Waals surface area contributed by atoms with Crippen LogP contribution in [0.3, 0.4) is 0 Å². The van der Waals surface area contributed by atoms with Gasteiger partial charge >= 0.3 is 0 Å². The van der Waals surface area contributed by atoms with Crippen LogP contribution < -0.4 is 5.73 Å². The Labute approximate surface area is 109 Å². The van der Waals surface area contributed by atoms with Gasteiger partial charge in [0.15, 0.2) is 0 Å². The minimum absolute atomic E-state index is 0.000259. The van der Waals surface area contributed by atoms with Crippen LogP contribution in [-0.4, -0.2) is 32.2 Å². The van der Waals surface area contributed by atoms with Gasteiger partial charge in [0.2, 0.25) is 0 Å². The van der Waals surface area contributed by atoms with Gasteiger partial charge in [-0.2, -0.15) is 0 Å². The minimum atomic E-state index is -0.439. The average molecular weight is 258 g/mol. The van der Waals surface area contributed by atoms with Crippen LogP contribution in [0.15, 0.2) is 18.7 Å². The fraction of sp³-hybridized carbons (Fsp3) is 0.308. The van der Waals surface area contributed by atoms with Gasteiger partial charge < -0.3 is 15.4 Å². The summed E-state index contributed by atoms with van der Waals surface area (Å²) in [4.78, 5) is 19.9. The number of carbonyl (C=O) groups is 1. The number of hydrogen-bond donors (Lipinski definition) is 2. The van der Waals surface area contributed by atoms with Crippen LogP contribution in [0.1, 0.15) is 21.5 Å². The molecule has 3 rings (SSSR count). The molecule has 0 unspecified atom stereocenters. The van der Waals surface area contributed by atoms with Gasteiger partial charge in [0.25, 0.3) is 5.91 Å². The van der Waals surface area contributed by atoms with Crippen LogP contribution in [0, 0.1) is 0 Å². The number of fused-ring (bicyclic) bond motifs is 3. The quantitative estimate of drug-likeness (QED) is 0.818. The molecule has 1 aliphatic rings. The van der Waals surface area contributed by atoms with E-state index >= 15 is 0 Å². The summed E-state index contributed by atoms with van der Waals surface area (Å²) in [6.45, 7) is 0.415. The van der Waals surface area contributed by atoms with Crippen molar-refractivity contribution in [3.63, 3.8) is 0 Å². The number of carbonyl (C=O) groups excluding carboxylic acids is 1. The third-order valence-electron chi connectivity index (χ3n) is 3.45. The van der Waals surface area contributed by atoms with Crippen LogP contribution >= 0.6 is 0 Å². The first-order valence-electron chi connectivity index (χ1n) is 6.14. The molecule has 0 bridgehead atoms. The number of aromatic nitrogens is 3. The molecular formula is C13H14N4O2. The molecule has 2 aromatic heterocycles. The second kappa shape index (κ2) is 4.47. The second-order valence-corrected chi connectivity index (χ2v) is 4.55. The Kier molecular flexibility index (Phi) is 2.79. The lowest BCUT2D eigenvalue weighted by atomic mass is 9.92. The summed E-state index contributed by atoms with van der Waals surface area (Å²) in [7, 11) is 0. The van der Waals surface area contributed by atoms with Crippen LogP contribution in [0.5, 0.6) is 0 Å².